The standard InChI is InChI=1S/C19H18O3/c1-18(21)11-14-12-19(18,13-7-3-2-4-8-13)17(20)15-9-5-6-10-16(15)22-14/h2-10,14,21H,11-12H2,1H3. The van der Waals surface area contributed by atoms with Crippen molar-refractivity contribution in [2.75, 3.05) is 0 Å². The van der Waals surface area contributed by atoms with Gasteiger partial charge in [0.2, 0.25) is 0 Å². The molecule has 2 aromatic carbocycles. The maximum Gasteiger partial charge on any atom is 0.180 e. The predicted molar refractivity (Wildman–Crippen MR) is 83.2 cm³/mol. The van der Waals surface area contributed by atoms with Crippen LogP contribution in [0.4, 0.5) is 0 Å². The van der Waals surface area contributed by atoms with Crippen molar-refractivity contribution in [2.45, 2.75) is 36.9 Å². The van der Waals surface area contributed by atoms with E-state index in [1.165, 1.54) is 0 Å². The average Bonchev–Trinajstić information content (AvgIpc) is 2.71. The van der Waals surface area contributed by atoms with Crippen LogP contribution in [0.2, 0.25) is 0 Å². The van der Waals surface area contributed by atoms with E-state index in [0.717, 1.165) is 5.56 Å². The maximum absolute atomic E-state index is 13.4. The van der Waals surface area contributed by atoms with Gasteiger partial charge in [0.15, 0.2) is 5.78 Å². The number of carbonyl (C=O) groups excluding carboxylic acids is 1. The molecule has 4 rings (SSSR count). The molecule has 1 heterocycles. The Bertz CT molecular complexity index is 735. The molecule has 0 amide bonds. The molecule has 2 aromatic rings. The molecule has 1 saturated carbocycles. The smallest absolute Gasteiger partial charge is 0.180 e. The zero-order chi connectivity index (χ0) is 15.4. The van der Waals surface area contributed by atoms with E-state index in [2.05, 4.69) is 0 Å². The number of para-hydroxylation sites is 1. The highest BCUT2D eigenvalue weighted by molar-refractivity contribution is 6.07. The number of aliphatic hydroxyl groups is 1. The molecule has 1 N–H and O–H groups in total. The van der Waals surface area contributed by atoms with Crippen molar-refractivity contribution in [2.24, 2.45) is 0 Å². The van der Waals surface area contributed by atoms with Crippen LogP contribution in [0.15, 0.2) is 54.6 Å². The highest BCUT2D eigenvalue weighted by atomic mass is 16.5. The van der Waals surface area contributed by atoms with E-state index < -0.39 is 11.0 Å². The Kier molecular flexibility index (Phi) is 2.73. The third-order valence-corrected chi connectivity index (χ3v) is 5.16. The van der Waals surface area contributed by atoms with Crippen molar-refractivity contribution in [3.05, 3.63) is 65.7 Å². The SMILES string of the molecule is CC1(O)CC2CC1(c1ccccc1)C(=O)c1ccccc1O2. The van der Waals surface area contributed by atoms with Crippen LogP contribution in [0, 0.1) is 0 Å². The van der Waals surface area contributed by atoms with Gasteiger partial charge in [0, 0.05) is 12.8 Å². The van der Waals surface area contributed by atoms with Crippen LogP contribution in [0.3, 0.4) is 0 Å². The second-order valence-corrected chi connectivity index (χ2v) is 6.52. The molecule has 3 nitrogen and oxygen atoms in total. The largest absolute Gasteiger partial charge is 0.490 e. The summed E-state index contributed by atoms with van der Waals surface area (Å²) in [7, 11) is 0. The topological polar surface area (TPSA) is 46.5 Å². The molecule has 1 aliphatic heterocycles. The third-order valence-electron chi connectivity index (χ3n) is 5.16. The fourth-order valence-electron chi connectivity index (χ4n) is 4.12. The number of ketones is 1. The van der Waals surface area contributed by atoms with Crippen molar-refractivity contribution >= 4 is 5.78 Å². The summed E-state index contributed by atoms with van der Waals surface area (Å²) in [5, 5.41) is 11.1. The zero-order valence-electron chi connectivity index (χ0n) is 12.5. The molecular formula is C19H18O3. The summed E-state index contributed by atoms with van der Waals surface area (Å²) in [5.41, 5.74) is -0.628. The lowest BCUT2D eigenvalue weighted by Crippen LogP contribution is -2.51. The molecule has 0 saturated heterocycles. The van der Waals surface area contributed by atoms with Gasteiger partial charge >= 0.3 is 0 Å². The van der Waals surface area contributed by atoms with Crippen LogP contribution in [-0.4, -0.2) is 22.6 Å². The lowest BCUT2D eigenvalue weighted by atomic mass is 9.65. The summed E-state index contributed by atoms with van der Waals surface area (Å²) in [5.74, 6) is 0.588. The van der Waals surface area contributed by atoms with E-state index in [0.29, 0.717) is 24.2 Å². The molecule has 3 unspecified atom stereocenters. The second-order valence-electron chi connectivity index (χ2n) is 6.52. The number of Topliss-reactive ketones (excluding diaryl/α,β-unsaturated/α-hetero) is 1. The third kappa shape index (κ3) is 1.63. The van der Waals surface area contributed by atoms with Gasteiger partial charge in [-0.25, -0.2) is 0 Å². The highest BCUT2D eigenvalue weighted by Crippen LogP contribution is 2.54. The Morgan fingerprint density at radius 3 is 2.50 bits per heavy atom. The summed E-state index contributed by atoms with van der Waals surface area (Å²) in [4.78, 5) is 13.4. The van der Waals surface area contributed by atoms with Gasteiger partial charge in [-0.3, -0.25) is 4.79 Å². The molecule has 1 aliphatic carbocycles. The zero-order valence-corrected chi connectivity index (χ0v) is 12.5. The normalized spacial score (nSPS) is 33.0. The van der Waals surface area contributed by atoms with E-state index in [4.69, 9.17) is 4.74 Å². The van der Waals surface area contributed by atoms with Crippen LogP contribution in [0.1, 0.15) is 35.7 Å². The molecule has 2 aliphatic rings. The number of benzene rings is 2. The Labute approximate surface area is 129 Å². The maximum atomic E-state index is 13.4. The van der Waals surface area contributed by atoms with Crippen LogP contribution in [0.5, 0.6) is 5.75 Å². The van der Waals surface area contributed by atoms with Gasteiger partial charge in [-0.05, 0) is 24.6 Å². The van der Waals surface area contributed by atoms with Gasteiger partial charge in [-0.2, -0.15) is 0 Å². The molecule has 2 bridgehead atoms. The van der Waals surface area contributed by atoms with Gasteiger partial charge in [-0.15, -0.1) is 0 Å². The Hall–Kier alpha value is -2.13. The van der Waals surface area contributed by atoms with E-state index in [1.54, 1.807) is 13.0 Å². The van der Waals surface area contributed by atoms with Crippen molar-refractivity contribution in [3.63, 3.8) is 0 Å². The van der Waals surface area contributed by atoms with E-state index in [1.807, 2.05) is 48.5 Å². The van der Waals surface area contributed by atoms with Crippen LogP contribution in [0.25, 0.3) is 0 Å². The molecule has 0 radical (unpaired) electrons. The summed E-state index contributed by atoms with van der Waals surface area (Å²) in [6, 6.07) is 17.0. The number of fused-ring (bicyclic) bond motifs is 3. The summed E-state index contributed by atoms with van der Waals surface area (Å²) >= 11 is 0. The van der Waals surface area contributed by atoms with Crippen molar-refractivity contribution in [1.29, 1.82) is 0 Å². The van der Waals surface area contributed by atoms with Crippen molar-refractivity contribution in [1.82, 2.24) is 0 Å². The fourth-order valence-corrected chi connectivity index (χ4v) is 4.12. The van der Waals surface area contributed by atoms with E-state index in [9.17, 15) is 9.90 Å². The van der Waals surface area contributed by atoms with Gasteiger partial charge < -0.3 is 9.84 Å². The molecule has 112 valence electrons. The molecule has 1 fully saturated rings. The van der Waals surface area contributed by atoms with Gasteiger partial charge in [0.05, 0.1) is 16.6 Å². The Balaban J connectivity index is 1.99. The lowest BCUT2D eigenvalue weighted by Gasteiger charge is -2.39. The summed E-state index contributed by atoms with van der Waals surface area (Å²) in [6.45, 7) is 1.76. The Morgan fingerprint density at radius 1 is 1.05 bits per heavy atom. The highest BCUT2D eigenvalue weighted by Gasteiger charge is 2.62. The first-order valence-corrected chi connectivity index (χ1v) is 7.63. The average molecular weight is 294 g/mol. The predicted octanol–water partition coefficient (Wildman–Crippen LogP) is 3.11. The first-order chi connectivity index (χ1) is 10.5. The Morgan fingerprint density at radius 2 is 1.73 bits per heavy atom. The number of carbonyl (C=O) groups is 1. The minimum Gasteiger partial charge on any atom is -0.490 e. The minimum atomic E-state index is -1.12. The lowest BCUT2D eigenvalue weighted by molar-refractivity contribution is 0.000216. The van der Waals surface area contributed by atoms with E-state index in [-0.39, 0.29) is 11.9 Å². The number of hydrogen-bond donors (Lipinski definition) is 1. The molecular weight excluding hydrogens is 276 g/mol. The van der Waals surface area contributed by atoms with E-state index >= 15 is 0 Å². The first kappa shape index (κ1) is 13.5. The fraction of sp³-hybridized carbons (Fsp3) is 0.316. The summed E-state index contributed by atoms with van der Waals surface area (Å²) < 4.78 is 6.02. The van der Waals surface area contributed by atoms with Crippen LogP contribution < -0.4 is 4.74 Å². The van der Waals surface area contributed by atoms with Gasteiger partial charge in [-0.1, -0.05) is 42.5 Å². The first-order valence-electron chi connectivity index (χ1n) is 7.63. The van der Waals surface area contributed by atoms with Gasteiger partial charge in [0.1, 0.15) is 11.9 Å². The molecule has 0 spiro atoms. The monoisotopic (exact) mass is 294 g/mol. The van der Waals surface area contributed by atoms with Crippen LogP contribution >= 0.6 is 0 Å². The van der Waals surface area contributed by atoms with Crippen molar-refractivity contribution in [3.8, 4) is 5.75 Å². The van der Waals surface area contributed by atoms with Crippen LogP contribution in [-0.2, 0) is 5.41 Å². The molecule has 22 heavy (non-hydrogen) atoms. The number of ether oxygens (including phenoxy) is 1. The van der Waals surface area contributed by atoms with Gasteiger partial charge in [0.25, 0.3) is 0 Å². The molecule has 3 heteroatoms. The quantitative estimate of drug-likeness (QED) is 0.879. The molecule has 0 aromatic heterocycles. The molecule has 3 atom stereocenters. The second kappa shape index (κ2) is 4.43. The number of rotatable bonds is 1. The number of hydrogen-bond acceptors (Lipinski definition) is 3. The minimum absolute atomic E-state index is 0.0423. The summed E-state index contributed by atoms with van der Waals surface area (Å²) in [6.07, 6.45) is 0.822. The van der Waals surface area contributed by atoms with Crippen molar-refractivity contribution < 1.29 is 14.6 Å².